The molecule has 0 fully saturated rings. The third-order valence-electron chi connectivity index (χ3n) is 3.09. The summed E-state index contributed by atoms with van der Waals surface area (Å²) in [4.78, 5) is 15.7. The standard InChI is InChI=1S/C12H23N5O/c1-9(2)17-8-13-14-11(17)7-16(6)12(18)10(3)15(4)5/h8-10H,7H2,1-6H3/t10-/m1/s1. The molecule has 0 saturated carbocycles. The Labute approximate surface area is 109 Å². The highest BCUT2D eigenvalue weighted by atomic mass is 16.2. The summed E-state index contributed by atoms with van der Waals surface area (Å²) in [6.45, 7) is 6.51. The number of likely N-dealkylation sites (N-methyl/N-ethyl adjacent to an activating group) is 2. The molecule has 0 aliphatic heterocycles. The molecule has 18 heavy (non-hydrogen) atoms. The Hall–Kier alpha value is -1.43. The third kappa shape index (κ3) is 3.29. The van der Waals surface area contributed by atoms with E-state index in [1.165, 1.54) is 0 Å². The monoisotopic (exact) mass is 253 g/mol. The summed E-state index contributed by atoms with van der Waals surface area (Å²) in [5.41, 5.74) is 0. The molecule has 0 radical (unpaired) electrons. The van der Waals surface area contributed by atoms with Gasteiger partial charge in [-0.05, 0) is 34.9 Å². The number of carbonyl (C=O) groups is 1. The molecule has 102 valence electrons. The Morgan fingerprint density at radius 3 is 2.44 bits per heavy atom. The average molecular weight is 253 g/mol. The molecule has 0 bridgehead atoms. The van der Waals surface area contributed by atoms with Crippen LogP contribution in [-0.4, -0.2) is 57.7 Å². The smallest absolute Gasteiger partial charge is 0.239 e. The van der Waals surface area contributed by atoms with Crippen molar-refractivity contribution in [1.82, 2.24) is 24.6 Å². The van der Waals surface area contributed by atoms with Gasteiger partial charge >= 0.3 is 0 Å². The van der Waals surface area contributed by atoms with Gasteiger partial charge in [-0.3, -0.25) is 9.69 Å². The largest absolute Gasteiger partial charge is 0.337 e. The van der Waals surface area contributed by atoms with E-state index in [0.717, 1.165) is 5.82 Å². The lowest BCUT2D eigenvalue weighted by Crippen LogP contribution is -2.42. The summed E-state index contributed by atoms with van der Waals surface area (Å²) in [7, 11) is 5.59. The maximum atomic E-state index is 12.1. The summed E-state index contributed by atoms with van der Waals surface area (Å²) in [5.74, 6) is 0.894. The molecular formula is C12H23N5O. The first-order valence-corrected chi connectivity index (χ1v) is 6.14. The molecular weight excluding hydrogens is 230 g/mol. The lowest BCUT2D eigenvalue weighted by Gasteiger charge is -2.25. The Balaban J connectivity index is 2.72. The first-order valence-electron chi connectivity index (χ1n) is 6.14. The molecule has 0 N–H and O–H groups in total. The zero-order chi connectivity index (χ0) is 13.9. The molecule has 0 aromatic carbocycles. The van der Waals surface area contributed by atoms with Crippen molar-refractivity contribution in [2.75, 3.05) is 21.1 Å². The number of aromatic nitrogens is 3. The number of hydrogen-bond donors (Lipinski definition) is 0. The minimum atomic E-state index is -0.134. The molecule has 0 aliphatic rings. The van der Waals surface area contributed by atoms with Gasteiger partial charge < -0.3 is 9.47 Å². The molecule has 1 atom stereocenters. The van der Waals surface area contributed by atoms with Crippen molar-refractivity contribution in [3.8, 4) is 0 Å². The van der Waals surface area contributed by atoms with Crippen molar-refractivity contribution < 1.29 is 4.79 Å². The maximum absolute atomic E-state index is 12.1. The van der Waals surface area contributed by atoms with Crippen LogP contribution in [0, 0.1) is 0 Å². The second-order valence-corrected chi connectivity index (χ2v) is 5.08. The van der Waals surface area contributed by atoms with Crippen molar-refractivity contribution >= 4 is 5.91 Å². The van der Waals surface area contributed by atoms with Gasteiger partial charge in [0.1, 0.15) is 6.33 Å². The fraction of sp³-hybridized carbons (Fsp3) is 0.750. The van der Waals surface area contributed by atoms with E-state index in [0.29, 0.717) is 12.6 Å². The molecule has 1 rings (SSSR count). The molecule has 0 aliphatic carbocycles. The number of amides is 1. The summed E-state index contributed by atoms with van der Waals surface area (Å²) in [5, 5.41) is 7.97. The van der Waals surface area contributed by atoms with Crippen molar-refractivity contribution in [1.29, 1.82) is 0 Å². The zero-order valence-electron chi connectivity index (χ0n) is 12.1. The molecule has 6 nitrogen and oxygen atoms in total. The van der Waals surface area contributed by atoms with Gasteiger partial charge in [0.25, 0.3) is 0 Å². The number of hydrogen-bond acceptors (Lipinski definition) is 4. The van der Waals surface area contributed by atoms with Gasteiger partial charge in [0.2, 0.25) is 5.91 Å². The summed E-state index contributed by atoms with van der Waals surface area (Å²) in [6, 6.07) is 0.162. The zero-order valence-corrected chi connectivity index (χ0v) is 12.1. The minimum Gasteiger partial charge on any atom is -0.337 e. The van der Waals surface area contributed by atoms with Gasteiger partial charge in [-0.2, -0.15) is 0 Å². The normalized spacial score (nSPS) is 13.1. The van der Waals surface area contributed by atoms with Gasteiger partial charge in [0.15, 0.2) is 5.82 Å². The Morgan fingerprint density at radius 2 is 1.94 bits per heavy atom. The van der Waals surface area contributed by atoms with E-state index in [1.807, 2.05) is 30.5 Å². The summed E-state index contributed by atoms with van der Waals surface area (Å²) >= 11 is 0. The predicted octanol–water partition coefficient (Wildman–Crippen LogP) is 0.768. The second kappa shape index (κ2) is 5.95. The predicted molar refractivity (Wildman–Crippen MR) is 70.0 cm³/mol. The second-order valence-electron chi connectivity index (χ2n) is 5.08. The van der Waals surface area contributed by atoms with E-state index < -0.39 is 0 Å². The molecule has 1 aromatic heterocycles. The van der Waals surface area contributed by atoms with Gasteiger partial charge in [0, 0.05) is 13.1 Å². The molecule has 0 unspecified atom stereocenters. The van der Waals surface area contributed by atoms with E-state index in [1.54, 1.807) is 18.3 Å². The van der Waals surface area contributed by atoms with Crippen LogP contribution in [0.4, 0.5) is 0 Å². The molecule has 1 aromatic rings. The number of carbonyl (C=O) groups excluding carboxylic acids is 1. The van der Waals surface area contributed by atoms with E-state index in [9.17, 15) is 4.79 Å². The van der Waals surface area contributed by atoms with Crippen LogP contribution in [0.2, 0.25) is 0 Å². The van der Waals surface area contributed by atoms with Crippen LogP contribution < -0.4 is 0 Å². The van der Waals surface area contributed by atoms with Crippen LogP contribution in [0.15, 0.2) is 6.33 Å². The van der Waals surface area contributed by atoms with Gasteiger partial charge in [-0.15, -0.1) is 10.2 Å². The molecule has 6 heteroatoms. The first-order chi connectivity index (χ1) is 8.34. The quantitative estimate of drug-likeness (QED) is 0.777. The Bertz CT molecular complexity index is 399. The fourth-order valence-electron chi connectivity index (χ4n) is 1.64. The van der Waals surface area contributed by atoms with Gasteiger partial charge in [-0.1, -0.05) is 0 Å². The minimum absolute atomic E-state index is 0.0818. The highest BCUT2D eigenvalue weighted by Crippen LogP contribution is 2.09. The maximum Gasteiger partial charge on any atom is 0.239 e. The van der Waals surface area contributed by atoms with Crippen LogP contribution in [0.25, 0.3) is 0 Å². The SMILES string of the molecule is CC(C)n1cnnc1CN(C)C(=O)[C@@H](C)N(C)C. The first kappa shape index (κ1) is 14.6. The molecule has 1 amide bonds. The van der Waals surface area contributed by atoms with Crippen LogP contribution in [-0.2, 0) is 11.3 Å². The van der Waals surface area contributed by atoms with Gasteiger partial charge in [-0.25, -0.2) is 0 Å². The molecule has 0 saturated heterocycles. The Kier molecular flexibility index (Phi) is 4.84. The van der Waals surface area contributed by atoms with E-state index >= 15 is 0 Å². The van der Waals surface area contributed by atoms with Crippen molar-refractivity contribution in [3.05, 3.63) is 12.2 Å². The average Bonchev–Trinajstić information content (AvgIpc) is 2.74. The number of nitrogens with zero attached hydrogens (tertiary/aromatic N) is 5. The van der Waals surface area contributed by atoms with Crippen LogP contribution in [0.5, 0.6) is 0 Å². The van der Waals surface area contributed by atoms with Crippen molar-refractivity contribution in [2.24, 2.45) is 0 Å². The third-order valence-corrected chi connectivity index (χ3v) is 3.09. The van der Waals surface area contributed by atoms with E-state index in [4.69, 9.17) is 0 Å². The van der Waals surface area contributed by atoms with Crippen molar-refractivity contribution in [2.45, 2.75) is 39.4 Å². The van der Waals surface area contributed by atoms with Crippen molar-refractivity contribution in [3.63, 3.8) is 0 Å². The molecule has 1 heterocycles. The summed E-state index contributed by atoms with van der Waals surface area (Å²) < 4.78 is 1.98. The van der Waals surface area contributed by atoms with E-state index in [2.05, 4.69) is 24.0 Å². The van der Waals surface area contributed by atoms with Gasteiger partial charge in [0.05, 0.1) is 12.6 Å². The molecule has 0 spiro atoms. The van der Waals surface area contributed by atoms with Crippen LogP contribution >= 0.6 is 0 Å². The lowest BCUT2D eigenvalue weighted by atomic mass is 10.2. The van der Waals surface area contributed by atoms with Crippen LogP contribution in [0.1, 0.15) is 32.6 Å². The topological polar surface area (TPSA) is 54.3 Å². The number of rotatable bonds is 5. The fourth-order valence-corrected chi connectivity index (χ4v) is 1.64. The highest BCUT2D eigenvalue weighted by Gasteiger charge is 2.21. The lowest BCUT2D eigenvalue weighted by molar-refractivity contribution is -0.134. The summed E-state index contributed by atoms with van der Waals surface area (Å²) in [6.07, 6.45) is 1.70. The van der Waals surface area contributed by atoms with E-state index in [-0.39, 0.29) is 11.9 Å². The highest BCUT2D eigenvalue weighted by molar-refractivity contribution is 5.81. The van der Waals surface area contributed by atoms with Crippen LogP contribution in [0.3, 0.4) is 0 Å². The Morgan fingerprint density at radius 1 is 1.33 bits per heavy atom.